The van der Waals surface area contributed by atoms with Gasteiger partial charge in [-0.25, -0.2) is 9.59 Å². The highest BCUT2D eigenvalue weighted by molar-refractivity contribution is 5.95. The molecule has 3 aromatic rings. The van der Waals surface area contributed by atoms with Gasteiger partial charge >= 0.3 is 18.1 Å². The second-order valence-corrected chi connectivity index (χ2v) is 8.97. The molecule has 0 N–H and O–H groups in total. The number of benzene rings is 3. The lowest BCUT2D eigenvalue weighted by atomic mass is 10.1. The van der Waals surface area contributed by atoms with E-state index >= 15 is 0 Å². The number of halogens is 3. The van der Waals surface area contributed by atoms with E-state index in [-0.39, 0.29) is 44.6 Å². The number of alkyl halides is 3. The highest BCUT2D eigenvalue weighted by atomic mass is 19.4. The Bertz CT molecular complexity index is 1250. The number of hydrogen-bond donors (Lipinski definition) is 0. The number of carbonyl (C=O) groups is 2. The van der Waals surface area contributed by atoms with Gasteiger partial charge in [0, 0.05) is 0 Å². The molecule has 0 aliphatic carbocycles. The summed E-state index contributed by atoms with van der Waals surface area (Å²) in [6.07, 6.45) is -4.46. The second-order valence-electron chi connectivity index (χ2n) is 8.97. The van der Waals surface area contributed by atoms with Crippen LogP contribution in [-0.4, -0.2) is 91.2 Å². The third kappa shape index (κ3) is 13.1. The molecule has 0 unspecified atom stereocenters. The normalized spacial score (nSPS) is 11.5. The van der Waals surface area contributed by atoms with Gasteiger partial charge in [0.15, 0.2) is 0 Å². The average Bonchev–Trinajstić information content (AvgIpc) is 3.01. The van der Waals surface area contributed by atoms with Crippen LogP contribution in [0.1, 0.15) is 26.3 Å². The first-order chi connectivity index (χ1) is 20.8. The van der Waals surface area contributed by atoms with Crippen molar-refractivity contribution in [3.8, 4) is 0 Å². The van der Waals surface area contributed by atoms with Gasteiger partial charge in [-0.1, -0.05) is 30.3 Å². The van der Waals surface area contributed by atoms with E-state index in [1.165, 1.54) is 0 Å². The van der Waals surface area contributed by atoms with Crippen LogP contribution in [-0.2, 0) is 39.3 Å². The maximum atomic E-state index is 12.6. The van der Waals surface area contributed by atoms with Crippen LogP contribution >= 0.6 is 0 Å². The van der Waals surface area contributed by atoms with Crippen LogP contribution in [0.15, 0.2) is 66.7 Å². The lowest BCUT2D eigenvalue weighted by Gasteiger charge is -2.09. The van der Waals surface area contributed by atoms with Gasteiger partial charge in [0.2, 0.25) is 0 Å². The van der Waals surface area contributed by atoms with Crippen molar-refractivity contribution in [2.75, 3.05) is 79.3 Å². The van der Waals surface area contributed by atoms with Crippen LogP contribution in [0.3, 0.4) is 0 Å². The van der Waals surface area contributed by atoms with E-state index in [1.807, 2.05) is 30.3 Å². The Balaban J connectivity index is 1.04. The van der Waals surface area contributed by atoms with E-state index in [0.717, 1.165) is 35.0 Å². The molecule has 3 aromatic carbocycles. The van der Waals surface area contributed by atoms with Crippen LogP contribution in [0.25, 0.3) is 10.8 Å². The Morgan fingerprint density at radius 2 is 0.884 bits per heavy atom. The fourth-order valence-electron chi connectivity index (χ4n) is 3.65. The molecule has 0 heterocycles. The lowest BCUT2D eigenvalue weighted by Crippen LogP contribution is -2.15. The second kappa shape index (κ2) is 18.9. The molecular formula is C31H35F3O9. The molecule has 0 radical (unpaired) electrons. The number of esters is 2. The minimum Gasteiger partial charge on any atom is -0.460 e. The molecule has 3 rings (SSSR count). The summed E-state index contributed by atoms with van der Waals surface area (Å²) >= 11 is 0. The summed E-state index contributed by atoms with van der Waals surface area (Å²) in [5.41, 5.74) is -0.303. The quantitative estimate of drug-likeness (QED) is 0.130. The SMILES string of the molecule is O=C(OCCOCCOCCOCCOCCOCCOC(=O)c1ccc2ccccc2c1)c1ccc(C(F)(F)F)cc1. The molecule has 0 amide bonds. The molecule has 0 saturated heterocycles. The average molecular weight is 609 g/mol. The van der Waals surface area contributed by atoms with Crippen molar-refractivity contribution in [2.45, 2.75) is 6.18 Å². The molecule has 0 spiro atoms. The van der Waals surface area contributed by atoms with Gasteiger partial charge in [0.05, 0.1) is 82.8 Å². The van der Waals surface area contributed by atoms with Gasteiger partial charge in [0.25, 0.3) is 0 Å². The topological polar surface area (TPSA) is 98.8 Å². The summed E-state index contributed by atoms with van der Waals surface area (Å²) in [4.78, 5) is 24.0. The summed E-state index contributed by atoms with van der Waals surface area (Å²) in [5, 5.41) is 2.04. The molecule has 0 fully saturated rings. The standard InChI is InChI=1S/C31H35F3O9/c32-31(33,34)28-9-7-25(8-10-28)29(35)42-21-19-40-17-15-38-13-11-37-12-14-39-16-18-41-20-22-43-30(36)27-6-5-24-3-1-2-4-26(24)23-27/h1-10,23H,11-22H2. The molecular weight excluding hydrogens is 573 g/mol. The Morgan fingerprint density at radius 1 is 0.488 bits per heavy atom. The molecule has 43 heavy (non-hydrogen) atoms. The summed E-state index contributed by atoms with van der Waals surface area (Å²) in [6.45, 7) is 3.42. The summed E-state index contributed by atoms with van der Waals surface area (Å²) in [6, 6.07) is 17.0. The van der Waals surface area contributed by atoms with Gasteiger partial charge < -0.3 is 33.2 Å². The summed E-state index contributed by atoms with van der Waals surface area (Å²) in [7, 11) is 0. The molecule has 0 aromatic heterocycles. The molecule has 0 atom stereocenters. The van der Waals surface area contributed by atoms with Crippen LogP contribution < -0.4 is 0 Å². The largest absolute Gasteiger partial charge is 0.460 e. The Hall–Kier alpha value is -3.55. The Kier molecular flexibility index (Phi) is 14.9. The van der Waals surface area contributed by atoms with E-state index in [2.05, 4.69) is 0 Å². The third-order valence-corrected chi connectivity index (χ3v) is 5.84. The minimum absolute atomic E-state index is 0.0307. The zero-order chi connectivity index (χ0) is 30.8. The molecule has 0 aliphatic rings. The Morgan fingerprint density at radius 3 is 1.35 bits per heavy atom. The van der Waals surface area contributed by atoms with Crippen LogP contribution in [0.5, 0.6) is 0 Å². The van der Waals surface area contributed by atoms with Gasteiger partial charge in [-0.2, -0.15) is 13.2 Å². The maximum absolute atomic E-state index is 12.6. The molecule has 0 bridgehead atoms. The predicted molar refractivity (Wildman–Crippen MR) is 150 cm³/mol. The number of ether oxygens (including phenoxy) is 7. The first kappa shape index (κ1) is 33.9. The zero-order valence-electron chi connectivity index (χ0n) is 23.6. The van der Waals surface area contributed by atoms with Crippen molar-refractivity contribution >= 4 is 22.7 Å². The van der Waals surface area contributed by atoms with E-state index in [9.17, 15) is 22.8 Å². The van der Waals surface area contributed by atoms with Crippen molar-refractivity contribution in [1.82, 2.24) is 0 Å². The molecule has 234 valence electrons. The van der Waals surface area contributed by atoms with Crippen molar-refractivity contribution < 1.29 is 55.9 Å². The zero-order valence-corrected chi connectivity index (χ0v) is 23.6. The van der Waals surface area contributed by atoms with E-state index in [1.54, 1.807) is 12.1 Å². The molecule has 12 heteroatoms. The van der Waals surface area contributed by atoms with Crippen LogP contribution in [0.2, 0.25) is 0 Å². The van der Waals surface area contributed by atoms with Crippen molar-refractivity contribution in [3.05, 3.63) is 83.4 Å². The van der Waals surface area contributed by atoms with Crippen molar-refractivity contribution in [3.63, 3.8) is 0 Å². The Labute approximate surface area is 247 Å². The monoisotopic (exact) mass is 608 g/mol. The third-order valence-electron chi connectivity index (χ3n) is 5.84. The van der Waals surface area contributed by atoms with Gasteiger partial charge in [-0.15, -0.1) is 0 Å². The van der Waals surface area contributed by atoms with E-state index in [0.29, 0.717) is 51.8 Å². The van der Waals surface area contributed by atoms with E-state index in [4.69, 9.17) is 33.2 Å². The number of rotatable bonds is 20. The molecule has 0 aliphatic heterocycles. The molecule has 9 nitrogen and oxygen atoms in total. The highest BCUT2D eigenvalue weighted by Crippen LogP contribution is 2.29. The van der Waals surface area contributed by atoms with Crippen molar-refractivity contribution in [2.24, 2.45) is 0 Å². The maximum Gasteiger partial charge on any atom is 0.416 e. The minimum atomic E-state index is -4.46. The van der Waals surface area contributed by atoms with Gasteiger partial charge in [-0.3, -0.25) is 0 Å². The first-order valence-electron chi connectivity index (χ1n) is 13.7. The van der Waals surface area contributed by atoms with Crippen LogP contribution in [0, 0.1) is 0 Å². The van der Waals surface area contributed by atoms with Gasteiger partial charge in [-0.05, 0) is 47.2 Å². The summed E-state index contributed by atoms with van der Waals surface area (Å²) < 4.78 is 74.8. The number of carbonyl (C=O) groups excluding carboxylic acids is 2. The number of fused-ring (bicyclic) bond motifs is 1. The fourth-order valence-corrected chi connectivity index (χ4v) is 3.65. The van der Waals surface area contributed by atoms with Crippen molar-refractivity contribution in [1.29, 1.82) is 0 Å². The lowest BCUT2D eigenvalue weighted by molar-refractivity contribution is -0.137. The van der Waals surface area contributed by atoms with Gasteiger partial charge in [0.1, 0.15) is 13.2 Å². The highest BCUT2D eigenvalue weighted by Gasteiger charge is 2.30. The smallest absolute Gasteiger partial charge is 0.416 e. The first-order valence-corrected chi connectivity index (χ1v) is 13.7. The predicted octanol–water partition coefficient (Wildman–Crippen LogP) is 4.96. The van der Waals surface area contributed by atoms with E-state index < -0.39 is 17.7 Å². The number of hydrogen-bond acceptors (Lipinski definition) is 9. The molecule has 0 saturated carbocycles. The summed E-state index contributed by atoms with van der Waals surface area (Å²) in [5.74, 6) is -1.11. The fraction of sp³-hybridized carbons (Fsp3) is 0.419. The van der Waals surface area contributed by atoms with Crippen LogP contribution in [0.4, 0.5) is 13.2 Å².